The number of hydrogen-bond donors (Lipinski definition) is 1. The third-order valence-electron chi connectivity index (χ3n) is 3.32. The minimum absolute atomic E-state index is 0.132. The molecule has 0 fully saturated rings. The molecule has 25 heavy (non-hydrogen) atoms. The molecule has 0 saturated heterocycles. The van der Waals surface area contributed by atoms with Crippen LogP contribution in [-0.4, -0.2) is 25.1 Å². The third-order valence-corrected chi connectivity index (χ3v) is 3.55. The molecule has 0 aliphatic carbocycles. The zero-order valence-electron chi connectivity index (χ0n) is 13.6. The molecule has 7 heteroatoms. The van der Waals surface area contributed by atoms with Crippen LogP contribution in [0.25, 0.3) is 0 Å². The zero-order valence-corrected chi connectivity index (χ0v) is 14.3. The summed E-state index contributed by atoms with van der Waals surface area (Å²) in [6.07, 6.45) is -1.04. The van der Waals surface area contributed by atoms with Crippen LogP contribution in [0.1, 0.15) is 22.8 Å². The Kier molecular flexibility index (Phi) is 5.98. The molecule has 2 aromatic carbocycles. The van der Waals surface area contributed by atoms with Gasteiger partial charge in [0.05, 0.1) is 18.7 Å². The third kappa shape index (κ3) is 4.72. The molecule has 0 bridgehead atoms. The van der Waals surface area contributed by atoms with Gasteiger partial charge < -0.3 is 14.8 Å². The Morgan fingerprint density at radius 2 is 1.88 bits per heavy atom. The van der Waals surface area contributed by atoms with Gasteiger partial charge in [0.25, 0.3) is 5.91 Å². The van der Waals surface area contributed by atoms with Crippen LogP contribution in [0.4, 0.5) is 5.69 Å². The number of benzene rings is 2. The van der Waals surface area contributed by atoms with Gasteiger partial charge in [0, 0.05) is 10.7 Å². The lowest BCUT2D eigenvalue weighted by Gasteiger charge is -2.15. The molecule has 0 saturated carbocycles. The number of methoxy groups -OCH3 is 1. The first kappa shape index (κ1) is 18.3. The molecule has 0 spiro atoms. The molecule has 0 radical (unpaired) electrons. The first-order valence-corrected chi connectivity index (χ1v) is 7.68. The fourth-order valence-electron chi connectivity index (χ4n) is 1.99. The van der Waals surface area contributed by atoms with Crippen molar-refractivity contribution in [2.45, 2.75) is 13.0 Å². The zero-order chi connectivity index (χ0) is 18.4. The lowest BCUT2D eigenvalue weighted by atomic mass is 10.2. The average molecular weight is 359 g/mol. The predicted octanol–water partition coefficient (Wildman–Crippen LogP) is 3.40. The number of ether oxygens (including phenoxy) is 2. The number of nitriles is 1. The normalized spacial score (nSPS) is 11.1. The van der Waals surface area contributed by atoms with E-state index in [4.69, 9.17) is 26.3 Å². The number of nitrogens with zero attached hydrogens (tertiary/aromatic N) is 1. The Hall–Kier alpha value is -3.04. The van der Waals surface area contributed by atoms with Crippen LogP contribution in [0, 0.1) is 11.3 Å². The summed E-state index contributed by atoms with van der Waals surface area (Å²) >= 11 is 5.88. The number of anilines is 1. The standard InChI is InChI=1S/C18H15ClN2O4/c1-11(17(22)21-14-6-3-12(10-20)4-7-14)25-18(23)15-9-13(19)5-8-16(15)24-2/h3-9,11H,1-2H3,(H,21,22)/t11-/m1/s1. The molecule has 128 valence electrons. The molecular weight excluding hydrogens is 344 g/mol. The molecule has 2 rings (SSSR count). The largest absolute Gasteiger partial charge is 0.496 e. The summed E-state index contributed by atoms with van der Waals surface area (Å²) in [5.74, 6) is -0.921. The van der Waals surface area contributed by atoms with Crippen molar-refractivity contribution < 1.29 is 19.1 Å². The van der Waals surface area contributed by atoms with Crippen LogP contribution < -0.4 is 10.1 Å². The topological polar surface area (TPSA) is 88.4 Å². The quantitative estimate of drug-likeness (QED) is 0.827. The van der Waals surface area contributed by atoms with Crippen molar-refractivity contribution in [2.24, 2.45) is 0 Å². The van der Waals surface area contributed by atoms with E-state index < -0.39 is 18.0 Å². The minimum atomic E-state index is -1.04. The van der Waals surface area contributed by atoms with E-state index in [-0.39, 0.29) is 5.56 Å². The molecule has 0 unspecified atom stereocenters. The molecule has 0 aromatic heterocycles. The van der Waals surface area contributed by atoms with Gasteiger partial charge in [-0.2, -0.15) is 5.26 Å². The maximum Gasteiger partial charge on any atom is 0.342 e. The Labute approximate surface area is 149 Å². The second-order valence-corrected chi connectivity index (χ2v) is 5.51. The summed E-state index contributed by atoms with van der Waals surface area (Å²) in [5, 5.41) is 11.7. The minimum Gasteiger partial charge on any atom is -0.496 e. The SMILES string of the molecule is COc1ccc(Cl)cc1C(=O)O[C@H](C)C(=O)Nc1ccc(C#N)cc1. The van der Waals surface area contributed by atoms with Gasteiger partial charge in [-0.15, -0.1) is 0 Å². The van der Waals surface area contributed by atoms with E-state index in [0.717, 1.165) is 0 Å². The summed E-state index contributed by atoms with van der Waals surface area (Å²) in [4.78, 5) is 24.4. The fourth-order valence-corrected chi connectivity index (χ4v) is 2.16. The van der Waals surface area contributed by atoms with E-state index in [1.165, 1.54) is 20.1 Å². The van der Waals surface area contributed by atoms with Gasteiger partial charge in [0.2, 0.25) is 0 Å². The van der Waals surface area contributed by atoms with E-state index in [2.05, 4.69) is 5.32 Å². The van der Waals surface area contributed by atoms with Crippen molar-refractivity contribution in [3.8, 4) is 11.8 Å². The highest BCUT2D eigenvalue weighted by Crippen LogP contribution is 2.24. The predicted molar refractivity (Wildman–Crippen MR) is 92.7 cm³/mol. The molecule has 6 nitrogen and oxygen atoms in total. The van der Waals surface area contributed by atoms with Crippen molar-refractivity contribution in [3.63, 3.8) is 0 Å². The van der Waals surface area contributed by atoms with Crippen LogP contribution >= 0.6 is 11.6 Å². The molecule has 2 aromatic rings. The van der Waals surface area contributed by atoms with E-state index in [1.54, 1.807) is 36.4 Å². The highest BCUT2D eigenvalue weighted by atomic mass is 35.5. The number of hydrogen-bond acceptors (Lipinski definition) is 5. The Bertz CT molecular complexity index is 828. The van der Waals surface area contributed by atoms with Gasteiger partial charge in [-0.3, -0.25) is 4.79 Å². The number of halogens is 1. The molecule has 1 amide bonds. The van der Waals surface area contributed by atoms with Crippen LogP contribution in [0.5, 0.6) is 5.75 Å². The van der Waals surface area contributed by atoms with Crippen molar-refractivity contribution in [1.29, 1.82) is 5.26 Å². The number of nitrogens with one attached hydrogen (secondary N) is 1. The average Bonchev–Trinajstić information content (AvgIpc) is 2.62. The number of esters is 1. The van der Waals surface area contributed by atoms with Crippen LogP contribution in [0.2, 0.25) is 5.02 Å². The summed E-state index contributed by atoms with van der Waals surface area (Å²) in [5.41, 5.74) is 1.10. The first-order valence-electron chi connectivity index (χ1n) is 7.30. The number of rotatable bonds is 5. The maximum atomic E-state index is 12.3. The first-order chi connectivity index (χ1) is 11.9. The summed E-state index contributed by atoms with van der Waals surface area (Å²) in [7, 11) is 1.42. The molecule has 0 heterocycles. The number of amides is 1. The van der Waals surface area contributed by atoms with Gasteiger partial charge in [-0.1, -0.05) is 11.6 Å². The summed E-state index contributed by atoms with van der Waals surface area (Å²) in [6, 6.07) is 12.8. The smallest absolute Gasteiger partial charge is 0.342 e. The van der Waals surface area contributed by atoms with Crippen LogP contribution in [-0.2, 0) is 9.53 Å². The van der Waals surface area contributed by atoms with Crippen molar-refractivity contribution in [1.82, 2.24) is 0 Å². The lowest BCUT2D eigenvalue weighted by Crippen LogP contribution is -2.30. The van der Waals surface area contributed by atoms with E-state index in [0.29, 0.717) is 22.0 Å². The Morgan fingerprint density at radius 1 is 1.20 bits per heavy atom. The number of carbonyl (C=O) groups excluding carboxylic acids is 2. The van der Waals surface area contributed by atoms with Crippen molar-refractivity contribution in [2.75, 3.05) is 12.4 Å². The van der Waals surface area contributed by atoms with E-state index in [1.807, 2.05) is 6.07 Å². The van der Waals surface area contributed by atoms with Crippen molar-refractivity contribution >= 4 is 29.2 Å². The van der Waals surface area contributed by atoms with Gasteiger partial charge in [-0.25, -0.2) is 4.79 Å². The lowest BCUT2D eigenvalue weighted by molar-refractivity contribution is -0.123. The number of carbonyl (C=O) groups is 2. The molecule has 0 aliphatic rings. The molecular formula is C18H15ClN2O4. The van der Waals surface area contributed by atoms with E-state index >= 15 is 0 Å². The highest BCUT2D eigenvalue weighted by Gasteiger charge is 2.21. The van der Waals surface area contributed by atoms with E-state index in [9.17, 15) is 9.59 Å². The molecule has 1 atom stereocenters. The van der Waals surface area contributed by atoms with Gasteiger partial charge in [0.15, 0.2) is 6.10 Å². The fraction of sp³-hybridized carbons (Fsp3) is 0.167. The highest BCUT2D eigenvalue weighted by molar-refractivity contribution is 6.31. The molecule has 0 aliphatic heterocycles. The van der Waals surface area contributed by atoms with Gasteiger partial charge >= 0.3 is 5.97 Å². The van der Waals surface area contributed by atoms with Crippen LogP contribution in [0.3, 0.4) is 0 Å². The second-order valence-electron chi connectivity index (χ2n) is 5.07. The molecule has 1 N–H and O–H groups in total. The second kappa shape index (κ2) is 8.18. The van der Waals surface area contributed by atoms with Gasteiger partial charge in [-0.05, 0) is 49.4 Å². The Balaban J connectivity index is 2.04. The monoisotopic (exact) mass is 358 g/mol. The Morgan fingerprint density at radius 3 is 2.48 bits per heavy atom. The van der Waals surface area contributed by atoms with Crippen molar-refractivity contribution in [3.05, 3.63) is 58.6 Å². The summed E-state index contributed by atoms with van der Waals surface area (Å²) in [6.45, 7) is 1.45. The summed E-state index contributed by atoms with van der Waals surface area (Å²) < 4.78 is 10.3. The van der Waals surface area contributed by atoms with Gasteiger partial charge in [0.1, 0.15) is 11.3 Å². The maximum absolute atomic E-state index is 12.3. The van der Waals surface area contributed by atoms with Crippen LogP contribution in [0.15, 0.2) is 42.5 Å².